The van der Waals surface area contributed by atoms with E-state index in [0.717, 1.165) is 16.9 Å². The minimum Gasteiger partial charge on any atom is -0.467 e. The molecule has 21 heavy (non-hydrogen) atoms. The van der Waals surface area contributed by atoms with E-state index in [0.29, 0.717) is 18.7 Å². The van der Waals surface area contributed by atoms with Crippen LogP contribution in [0.15, 0.2) is 41.0 Å². The molecule has 0 aliphatic carbocycles. The highest BCUT2D eigenvalue weighted by molar-refractivity contribution is 5.95. The van der Waals surface area contributed by atoms with Gasteiger partial charge in [-0.3, -0.25) is 4.79 Å². The summed E-state index contributed by atoms with van der Waals surface area (Å²) in [5.41, 5.74) is 7.73. The predicted molar refractivity (Wildman–Crippen MR) is 81.6 cm³/mol. The average molecular weight is 282 g/mol. The van der Waals surface area contributed by atoms with Gasteiger partial charge in [0.2, 0.25) is 0 Å². The monoisotopic (exact) mass is 282 g/mol. The molecular weight excluding hydrogens is 264 g/mol. The smallest absolute Gasteiger partial charge is 0.254 e. The van der Waals surface area contributed by atoms with Crippen molar-refractivity contribution in [3.8, 4) is 11.8 Å². The van der Waals surface area contributed by atoms with Gasteiger partial charge in [0.05, 0.1) is 19.4 Å². The van der Waals surface area contributed by atoms with Crippen LogP contribution in [0, 0.1) is 18.8 Å². The molecular formula is C17H18N2O2. The molecule has 108 valence electrons. The van der Waals surface area contributed by atoms with Gasteiger partial charge in [-0.1, -0.05) is 17.9 Å². The summed E-state index contributed by atoms with van der Waals surface area (Å²) in [5.74, 6) is 6.44. The van der Waals surface area contributed by atoms with Crippen molar-refractivity contribution in [3.63, 3.8) is 0 Å². The first-order chi connectivity index (χ1) is 10.1. The van der Waals surface area contributed by atoms with Gasteiger partial charge < -0.3 is 15.1 Å². The van der Waals surface area contributed by atoms with Gasteiger partial charge in [-0.25, -0.2) is 0 Å². The number of aryl methyl sites for hydroxylation is 1. The van der Waals surface area contributed by atoms with E-state index in [9.17, 15) is 4.79 Å². The van der Waals surface area contributed by atoms with Crippen LogP contribution in [0.25, 0.3) is 0 Å². The molecule has 1 heterocycles. The summed E-state index contributed by atoms with van der Waals surface area (Å²) < 4.78 is 5.27. The van der Waals surface area contributed by atoms with Gasteiger partial charge >= 0.3 is 0 Å². The molecule has 0 unspecified atom stereocenters. The van der Waals surface area contributed by atoms with Crippen molar-refractivity contribution in [3.05, 3.63) is 59.0 Å². The van der Waals surface area contributed by atoms with Gasteiger partial charge in [0.25, 0.3) is 5.91 Å². The van der Waals surface area contributed by atoms with Crippen LogP contribution in [0.2, 0.25) is 0 Å². The summed E-state index contributed by atoms with van der Waals surface area (Å²) >= 11 is 0. The van der Waals surface area contributed by atoms with Crippen LogP contribution < -0.4 is 5.73 Å². The number of hydrogen-bond donors (Lipinski definition) is 1. The van der Waals surface area contributed by atoms with E-state index < -0.39 is 0 Å². The van der Waals surface area contributed by atoms with Gasteiger partial charge in [0.15, 0.2) is 0 Å². The van der Waals surface area contributed by atoms with E-state index in [1.54, 1.807) is 24.3 Å². The minimum atomic E-state index is -0.0553. The van der Waals surface area contributed by atoms with Crippen molar-refractivity contribution in [1.29, 1.82) is 0 Å². The van der Waals surface area contributed by atoms with Crippen LogP contribution in [-0.4, -0.2) is 24.4 Å². The zero-order valence-corrected chi connectivity index (χ0v) is 12.2. The highest BCUT2D eigenvalue weighted by Gasteiger charge is 2.15. The van der Waals surface area contributed by atoms with Crippen LogP contribution in [0.5, 0.6) is 0 Å². The maximum Gasteiger partial charge on any atom is 0.254 e. The van der Waals surface area contributed by atoms with E-state index in [-0.39, 0.29) is 5.91 Å². The zero-order valence-electron chi connectivity index (χ0n) is 12.2. The highest BCUT2D eigenvalue weighted by atomic mass is 16.3. The third kappa shape index (κ3) is 3.74. The molecule has 0 aliphatic rings. The molecule has 1 aromatic carbocycles. The summed E-state index contributed by atoms with van der Waals surface area (Å²) in [6.07, 6.45) is 1.60. The number of nitrogens with zero attached hydrogens (tertiary/aromatic N) is 1. The van der Waals surface area contributed by atoms with Crippen LogP contribution in [0.1, 0.15) is 27.2 Å². The number of rotatable bonds is 3. The minimum absolute atomic E-state index is 0.0553. The Morgan fingerprint density at radius 1 is 1.38 bits per heavy atom. The average Bonchev–Trinajstić information content (AvgIpc) is 2.98. The Labute approximate surface area is 124 Å². The summed E-state index contributed by atoms with van der Waals surface area (Å²) in [4.78, 5) is 14.2. The molecule has 0 saturated heterocycles. The van der Waals surface area contributed by atoms with E-state index in [4.69, 9.17) is 10.2 Å². The molecule has 4 heteroatoms. The molecule has 0 fully saturated rings. The van der Waals surface area contributed by atoms with Crippen LogP contribution in [0.3, 0.4) is 0 Å². The molecule has 0 bridgehead atoms. The van der Waals surface area contributed by atoms with Crippen molar-refractivity contribution in [2.75, 3.05) is 13.6 Å². The second-order valence-corrected chi connectivity index (χ2v) is 4.78. The first kappa shape index (κ1) is 14.9. The van der Waals surface area contributed by atoms with Crippen molar-refractivity contribution in [1.82, 2.24) is 4.90 Å². The summed E-state index contributed by atoms with van der Waals surface area (Å²) in [6, 6.07) is 9.25. The maximum absolute atomic E-state index is 12.5. The number of hydrogen-bond acceptors (Lipinski definition) is 3. The standard InChI is InChI=1S/C17H18N2O2/c1-13-7-8-14(5-3-9-18)11-16(13)17(20)19(2)12-15-6-4-10-21-15/h4,6-8,10-11H,9,12,18H2,1-2H3. The Kier molecular flexibility index (Phi) is 4.81. The Morgan fingerprint density at radius 2 is 2.19 bits per heavy atom. The molecule has 0 saturated carbocycles. The fraction of sp³-hybridized carbons (Fsp3) is 0.235. The molecule has 2 N–H and O–H groups in total. The second-order valence-electron chi connectivity index (χ2n) is 4.78. The third-order valence-corrected chi connectivity index (χ3v) is 3.12. The number of carbonyl (C=O) groups excluding carboxylic acids is 1. The topological polar surface area (TPSA) is 59.5 Å². The highest BCUT2D eigenvalue weighted by Crippen LogP contribution is 2.14. The molecule has 0 atom stereocenters. The summed E-state index contributed by atoms with van der Waals surface area (Å²) in [6.45, 7) is 2.65. The predicted octanol–water partition coefficient (Wildman–Crippen LogP) is 2.17. The lowest BCUT2D eigenvalue weighted by atomic mass is 10.0. The van der Waals surface area contributed by atoms with Gasteiger partial charge in [0, 0.05) is 18.2 Å². The molecule has 1 amide bonds. The fourth-order valence-electron chi connectivity index (χ4n) is 2.00. The van der Waals surface area contributed by atoms with Gasteiger partial charge in [-0.2, -0.15) is 0 Å². The molecule has 1 aromatic heterocycles. The van der Waals surface area contributed by atoms with Crippen molar-refractivity contribution in [2.24, 2.45) is 5.73 Å². The largest absolute Gasteiger partial charge is 0.467 e. The van der Waals surface area contributed by atoms with Crippen LogP contribution in [-0.2, 0) is 6.54 Å². The van der Waals surface area contributed by atoms with Gasteiger partial charge in [-0.15, -0.1) is 0 Å². The van der Waals surface area contributed by atoms with E-state index >= 15 is 0 Å². The maximum atomic E-state index is 12.5. The second kappa shape index (κ2) is 6.78. The number of carbonyl (C=O) groups is 1. The number of amides is 1. The molecule has 2 aromatic rings. The molecule has 0 spiro atoms. The quantitative estimate of drug-likeness (QED) is 0.878. The Hall–Kier alpha value is -2.51. The molecule has 2 rings (SSSR count). The molecule has 0 aliphatic heterocycles. The summed E-state index contributed by atoms with van der Waals surface area (Å²) in [7, 11) is 1.75. The lowest BCUT2D eigenvalue weighted by Gasteiger charge is -2.17. The normalized spacial score (nSPS) is 9.86. The number of nitrogens with two attached hydrogens (primary N) is 1. The third-order valence-electron chi connectivity index (χ3n) is 3.12. The van der Waals surface area contributed by atoms with Crippen molar-refractivity contribution >= 4 is 5.91 Å². The Balaban J connectivity index is 2.21. The van der Waals surface area contributed by atoms with Crippen LogP contribution >= 0.6 is 0 Å². The zero-order chi connectivity index (χ0) is 15.2. The van der Waals surface area contributed by atoms with Crippen LogP contribution in [0.4, 0.5) is 0 Å². The van der Waals surface area contributed by atoms with E-state index in [1.807, 2.05) is 31.2 Å². The van der Waals surface area contributed by atoms with Gasteiger partial charge in [0.1, 0.15) is 5.76 Å². The lowest BCUT2D eigenvalue weighted by molar-refractivity contribution is 0.0774. The van der Waals surface area contributed by atoms with E-state index in [2.05, 4.69) is 11.8 Å². The Morgan fingerprint density at radius 3 is 2.86 bits per heavy atom. The van der Waals surface area contributed by atoms with Crippen molar-refractivity contribution < 1.29 is 9.21 Å². The first-order valence-corrected chi connectivity index (χ1v) is 6.69. The fourth-order valence-corrected chi connectivity index (χ4v) is 2.00. The lowest BCUT2D eigenvalue weighted by Crippen LogP contribution is -2.26. The number of furan rings is 1. The van der Waals surface area contributed by atoms with E-state index in [1.165, 1.54) is 0 Å². The van der Waals surface area contributed by atoms with Gasteiger partial charge in [-0.05, 0) is 36.8 Å². The first-order valence-electron chi connectivity index (χ1n) is 6.69. The summed E-state index contributed by atoms with van der Waals surface area (Å²) in [5, 5.41) is 0. The number of benzene rings is 1. The SMILES string of the molecule is Cc1ccc(C#CCN)cc1C(=O)N(C)Cc1ccco1. The molecule has 4 nitrogen and oxygen atoms in total. The van der Waals surface area contributed by atoms with Crippen molar-refractivity contribution in [2.45, 2.75) is 13.5 Å². The Bertz CT molecular complexity index is 679. The molecule has 0 radical (unpaired) electrons.